The summed E-state index contributed by atoms with van der Waals surface area (Å²) < 4.78 is 1.29. The van der Waals surface area contributed by atoms with Crippen molar-refractivity contribution >= 4 is 0 Å². The van der Waals surface area contributed by atoms with E-state index >= 15 is 0 Å². The number of aryl methyl sites for hydroxylation is 1. The summed E-state index contributed by atoms with van der Waals surface area (Å²) in [6.45, 7) is 1.73. The molecule has 3 rings (SSSR count). The lowest BCUT2D eigenvalue weighted by Crippen LogP contribution is -2.15. The van der Waals surface area contributed by atoms with Crippen molar-refractivity contribution in [3.63, 3.8) is 0 Å². The summed E-state index contributed by atoms with van der Waals surface area (Å²) in [6.07, 6.45) is 4.93. The van der Waals surface area contributed by atoms with Crippen LogP contribution in [0.3, 0.4) is 0 Å². The average Bonchev–Trinajstić information content (AvgIpc) is 3.09. The standard InChI is InChI=1S/C20H19N5O3/c1-13-9-14(10-21)3-5-16(13)17-12-24-25(20(17)28)18-6-4-15(11-23-18)19(27)22-7-2-8-26/h2-7,9,11-12,19,22,26-28H,8H2,1H3/b7-2+. The van der Waals surface area contributed by atoms with E-state index in [-0.39, 0.29) is 12.5 Å². The number of hydrogen-bond acceptors (Lipinski definition) is 7. The van der Waals surface area contributed by atoms with E-state index in [1.807, 2.05) is 6.92 Å². The number of hydrogen-bond donors (Lipinski definition) is 4. The van der Waals surface area contributed by atoms with Gasteiger partial charge in [-0.05, 0) is 54.6 Å². The number of benzene rings is 1. The molecule has 1 aromatic carbocycles. The fourth-order valence-electron chi connectivity index (χ4n) is 2.73. The lowest BCUT2D eigenvalue weighted by Gasteiger charge is -2.11. The molecular formula is C20H19N5O3. The summed E-state index contributed by atoms with van der Waals surface area (Å²) >= 11 is 0. The fraction of sp³-hybridized carbons (Fsp3) is 0.150. The van der Waals surface area contributed by atoms with E-state index in [4.69, 9.17) is 10.4 Å². The van der Waals surface area contributed by atoms with Crippen molar-refractivity contribution in [1.82, 2.24) is 20.1 Å². The number of nitriles is 1. The molecule has 0 spiro atoms. The minimum Gasteiger partial charge on any atom is -0.493 e. The Balaban J connectivity index is 1.86. The third kappa shape index (κ3) is 3.86. The Kier molecular flexibility index (Phi) is 5.69. The third-order valence-corrected chi connectivity index (χ3v) is 4.17. The molecule has 8 nitrogen and oxygen atoms in total. The Bertz CT molecular complexity index is 1030. The van der Waals surface area contributed by atoms with Gasteiger partial charge in [0, 0.05) is 11.8 Å². The van der Waals surface area contributed by atoms with E-state index in [9.17, 15) is 10.2 Å². The predicted octanol–water partition coefficient (Wildman–Crippen LogP) is 1.91. The molecule has 0 amide bonds. The molecule has 4 N–H and O–H groups in total. The van der Waals surface area contributed by atoms with Crippen molar-refractivity contribution < 1.29 is 15.3 Å². The van der Waals surface area contributed by atoms with E-state index in [1.165, 1.54) is 29.4 Å². The first-order valence-electron chi connectivity index (χ1n) is 8.49. The van der Waals surface area contributed by atoms with Crippen LogP contribution in [0.15, 0.2) is 55.0 Å². The van der Waals surface area contributed by atoms with Crippen molar-refractivity contribution in [2.45, 2.75) is 13.2 Å². The molecular weight excluding hydrogens is 358 g/mol. The second-order valence-corrected chi connectivity index (χ2v) is 6.04. The largest absolute Gasteiger partial charge is 0.493 e. The molecule has 1 unspecified atom stereocenters. The first-order valence-corrected chi connectivity index (χ1v) is 8.49. The molecule has 0 radical (unpaired) electrons. The van der Waals surface area contributed by atoms with Gasteiger partial charge in [0.05, 0.1) is 30.0 Å². The van der Waals surface area contributed by atoms with E-state index in [2.05, 4.69) is 21.5 Å². The number of rotatable bonds is 6. The minimum atomic E-state index is -0.979. The molecule has 0 saturated heterocycles. The molecule has 0 saturated carbocycles. The zero-order valence-corrected chi connectivity index (χ0v) is 15.1. The van der Waals surface area contributed by atoms with Crippen molar-refractivity contribution in [2.75, 3.05) is 6.61 Å². The topological polar surface area (TPSA) is 127 Å². The maximum absolute atomic E-state index is 10.6. The number of aliphatic hydroxyl groups excluding tert-OH is 2. The van der Waals surface area contributed by atoms with Crippen LogP contribution in [0, 0.1) is 18.3 Å². The number of nitrogens with one attached hydrogen (secondary N) is 1. The summed E-state index contributed by atoms with van der Waals surface area (Å²) in [5.74, 6) is 0.314. The van der Waals surface area contributed by atoms with Gasteiger partial charge in [-0.25, -0.2) is 4.98 Å². The van der Waals surface area contributed by atoms with E-state index < -0.39 is 6.23 Å². The van der Waals surface area contributed by atoms with E-state index in [0.717, 1.165) is 11.1 Å². The summed E-state index contributed by atoms with van der Waals surface area (Å²) in [6, 6.07) is 10.6. The average molecular weight is 377 g/mol. The number of aliphatic hydroxyl groups is 2. The van der Waals surface area contributed by atoms with Crippen molar-refractivity contribution in [3.05, 3.63) is 71.7 Å². The number of aromatic hydroxyl groups is 1. The van der Waals surface area contributed by atoms with Crippen LogP contribution in [0.4, 0.5) is 0 Å². The van der Waals surface area contributed by atoms with Gasteiger partial charge < -0.3 is 20.6 Å². The zero-order valence-electron chi connectivity index (χ0n) is 15.1. The Hall–Kier alpha value is -3.67. The smallest absolute Gasteiger partial charge is 0.223 e. The SMILES string of the molecule is Cc1cc(C#N)ccc1-c1cnn(-c2ccc(C(O)N/C=C/CO)cn2)c1O. The normalized spacial score (nSPS) is 12.1. The van der Waals surface area contributed by atoms with Gasteiger partial charge in [-0.3, -0.25) is 0 Å². The summed E-state index contributed by atoms with van der Waals surface area (Å²) in [7, 11) is 0. The van der Waals surface area contributed by atoms with Crippen molar-refractivity contribution in [1.29, 1.82) is 5.26 Å². The van der Waals surface area contributed by atoms with Gasteiger partial charge in [0.15, 0.2) is 12.0 Å². The molecule has 142 valence electrons. The lowest BCUT2D eigenvalue weighted by atomic mass is 10.0. The monoisotopic (exact) mass is 377 g/mol. The van der Waals surface area contributed by atoms with Crippen LogP contribution in [0.2, 0.25) is 0 Å². The van der Waals surface area contributed by atoms with Crippen LogP contribution in [0.5, 0.6) is 5.88 Å². The molecule has 0 aliphatic rings. The van der Waals surface area contributed by atoms with Gasteiger partial charge in [0.25, 0.3) is 0 Å². The van der Waals surface area contributed by atoms with Gasteiger partial charge in [0.1, 0.15) is 0 Å². The molecule has 28 heavy (non-hydrogen) atoms. The number of pyridine rings is 1. The van der Waals surface area contributed by atoms with Crippen LogP contribution in [-0.4, -0.2) is 36.7 Å². The summed E-state index contributed by atoms with van der Waals surface area (Å²) in [4.78, 5) is 4.24. The third-order valence-electron chi connectivity index (χ3n) is 4.17. The van der Waals surface area contributed by atoms with Crippen LogP contribution >= 0.6 is 0 Å². The quantitative estimate of drug-likeness (QED) is 0.483. The fourth-order valence-corrected chi connectivity index (χ4v) is 2.73. The lowest BCUT2D eigenvalue weighted by molar-refractivity contribution is 0.155. The molecule has 3 aromatic rings. The van der Waals surface area contributed by atoms with Gasteiger partial charge in [-0.15, -0.1) is 0 Å². The highest BCUT2D eigenvalue weighted by molar-refractivity contribution is 5.72. The van der Waals surface area contributed by atoms with Crippen LogP contribution in [0.25, 0.3) is 16.9 Å². The molecule has 1 atom stereocenters. The molecule has 8 heteroatoms. The maximum Gasteiger partial charge on any atom is 0.223 e. The van der Waals surface area contributed by atoms with Crippen molar-refractivity contribution in [2.24, 2.45) is 0 Å². The minimum absolute atomic E-state index is 0.0717. The maximum atomic E-state index is 10.6. The summed E-state index contributed by atoms with van der Waals surface area (Å²) in [5.41, 5.74) is 3.22. The van der Waals surface area contributed by atoms with Crippen molar-refractivity contribution in [3.8, 4) is 28.9 Å². The van der Waals surface area contributed by atoms with Crippen LogP contribution in [-0.2, 0) is 0 Å². The first-order chi connectivity index (χ1) is 13.5. The molecule has 0 aliphatic carbocycles. The van der Waals surface area contributed by atoms with Crippen LogP contribution < -0.4 is 5.32 Å². The molecule has 0 fully saturated rings. The second kappa shape index (κ2) is 8.35. The van der Waals surface area contributed by atoms with Gasteiger partial charge in [-0.1, -0.05) is 6.07 Å². The Labute approximate surface area is 161 Å². The number of aromatic nitrogens is 3. The molecule has 0 bridgehead atoms. The summed E-state index contributed by atoms with van der Waals surface area (Å²) in [5, 5.41) is 45.2. The molecule has 2 aromatic heterocycles. The Morgan fingerprint density at radius 1 is 1.25 bits per heavy atom. The second-order valence-electron chi connectivity index (χ2n) is 6.04. The Morgan fingerprint density at radius 3 is 2.71 bits per heavy atom. The van der Waals surface area contributed by atoms with Gasteiger partial charge >= 0.3 is 0 Å². The van der Waals surface area contributed by atoms with Gasteiger partial charge in [0.2, 0.25) is 5.88 Å². The highest BCUT2D eigenvalue weighted by Gasteiger charge is 2.16. The van der Waals surface area contributed by atoms with E-state index in [0.29, 0.717) is 22.5 Å². The van der Waals surface area contributed by atoms with Crippen LogP contribution in [0.1, 0.15) is 22.9 Å². The molecule has 2 heterocycles. The highest BCUT2D eigenvalue weighted by Crippen LogP contribution is 2.33. The molecule has 0 aliphatic heterocycles. The van der Waals surface area contributed by atoms with E-state index in [1.54, 1.807) is 30.3 Å². The predicted molar refractivity (Wildman–Crippen MR) is 102 cm³/mol. The first kappa shape index (κ1) is 19.1. The Morgan fingerprint density at radius 2 is 2.07 bits per heavy atom. The van der Waals surface area contributed by atoms with Gasteiger partial charge in [-0.2, -0.15) is 15.0 Å². The highest BCUT2D eigenvalue weighted by atomic mass is 16.3. The number of nitrogens with zero attached hydrogens (tertiary/aromatic N) is 4. The zero-order chi connectivity index (χ0) is 20.1.